The molecular formula is C23H34O5. The van der Waals surface area contributed by atoms with E-state index in [1.807, 2.05) is 6.92 Å². The standard InChI is InChI=1S/C23H34O5/c1-21-7-5-15(24)10-14(21)3-4-17-18(21)11-19(25)22(2)16(6-8-23(17,22)27)13-9-20(26)28-12-13/h9,14-19,24-25,27H,3-8,10-12H2,1-2H3/t14-,15?,16?,17-,18+,19?,21+,22?,23?/m1/s1. The minimum atomic E-state index is -0.906. The van der Waals surface area contributed by atoms with Crippen molar-refractivity contribution in [2.24, 2.45) is 34.5 Å². The lowest BCUT2D eigenvalue weighted by Gasteiger charge is -2.64. The number of hydrogen-bond acceptors (Lipinski definition) is 5. The van der Waals surface area contributed by atoms with E-state index in [9.17, 15) is 20.1 Å². The molecule has 1 aliphatic heterocycles. The summed E-state index contributed by atoms with van der Waals surface area (Å²) in [6.45, 7) is 4.69. The molecule has 0 saturated heterocycles. The molecule has 5 rings (SSSR count). The highest BCUT2D eigenvalue weighted by molar-refractivity contribution is 5.85. The van der Waals surface area contributed by atoms with Gasteiger partial charge in [0.1, 0.15) is 6.61 Å². The number of hydrogen-bond donors (Lipinski definition) is 3. The fourth-order valence-corrected chi connectivity index (χ4v) is 8.37. The molecule has 0 spiro atoms. The maximum atomic E-state index is 12.1. The number of aliphatic hydroxyl groups excluding tert-OH is 2. The first-order chi connectivity index (χ1) is 13.2. The second kappa shape index (κ2) is 6.05. The summed E-state index contributed by atoms with van der Waals surface area (Å²) in [5, 5.41) is 33.7. The highest BCUT2D eigenvalue weighted by atomic mass is 16.5. The quantitative estimate of drug-likeness (QED) is 0.599. The Hall–Kier alpha value is -0.910. The van der Waals surface area contributed by atoms with Gasteiger partial charge in [0.05, 0.1) is 17.8 Å². The van der Waals surface area contributed by atoms with Crippen LogP contribution >= 0.6 is 0 Å². The lowest BCUT2D eigenvalue weighted by Crippen LogP contribution is -2.67. The molecular weight excluding hydrogens is 356 g/mol. The lowest BCUT2D eigenvalue weighted by molar-refractivity contribution is -0.244. The molecule has 0 amide bonds. The maximum Gasteiger partial charge on any atom is 0.331 e. The van der Waals surface area contributed by atoms with Crippen molar-refractivity contribution >= 4 is 5.97 Å². The van der Waals surface area contributed by atoms with E-state index in [1.165, 1.54) is 0 Å². The Morgan fingerprint density at radius 3 is 2.54 bits per heavy atom. The van der Waals surface area contributed by atoms with E-state index >= 15 is 0 Å². The van der Waals surface area contributed by atoms with Crippen molar-refractivity contribution in [2.45, 2.75) is 83.0 Å². The molecule has 0 radical (unpaired) electrons. The van der Waals surface area contributed by atoms with Gasteiger partial charge in [-0.1, -0.05) is 13.8 Å². The molecule has 4 aliphatic carbocycles. The van der Waals surface area contributed by atoms with Crippen molar-refractivity contribution in [3.05, 3.63) is 11.6 Å². The van der Waals surface area contributed by atoms with E-state index in [-0.39, 0.29) is 29.3 Å². The summed E-state index contributed by atoms with van der Waals surface area (Å²) in [5.74, 6) is 0.657. The van der Waals surface area contributed by atoms with Crippen molar-refractivity contribution in [1.82, 2.24) is 0 Å². The van der Waals surface area contributed by atoms with Crippen molar-refractivity contribution < 1.29 is 24.9 Å². The molecule has 4 fully saturated rings. The Labute approximate surface area is 167 Å². The van der Waals surface area contributed by atoms with Crippen molar-refractivity contribution in [3.63, 3.8) is 0 Å². The van der Waals surface area contributed by atoms with E-state index in [2.05, 4.69) is 6.92 Å². The predicted octanol–water partition coefficient (Wildman–Crippen LogP) is 2.58. The number of ether oxygens (including phenoxy) is 1. The van der Waals surface area contributed by atoms with Crippen LogP contribution in [0.25, 0.3) is 0 Å². The van der Waals surface area contributed by atoms with E-state index in [4.69, 9.17) is 4.74 Å². The molecule has 1 heterocycles. The number of esters is 1. The average Bonchev–Trinajstić information content (AvgIpc) is 3.19. The fourth-order valence-electron chi connectivity index (χ4n) is 8.37. The van der Waals surface area contributed by atoms with Gasteiger partial charge in [0, 0.05) is 11.5 Å². The first-order valence-electron chi connectivity index (χ1n) is 11.2. The molecule has 4 saturated carbocycles. The Morgan fingerprint density at radius 2 is 1.82 bits per heavy atom. The first kappa shape index (κ1) is 19.1. The summed E-state index contributed by atoms with van der Waals surface area (Å²) in [5.41, 5.74) is -0.507. The Bertz CT molecular complexity index is 718. The van der Waals surface area contributed by atoms with Crippen LogP contribution in [-0.2, 0) is 9.53 Å². The maximum absolute atomic E-state index is 12.1. The van der Waals surface area contributed by atoms with Crippen molar-refractivity contribution in [2.75, 3.05) is 6.61 Å². The van der Waals surface area contributed by atoms with E-state index in [1.54, 1.807) is 6.08 Å². The molecule has 156 valence electrons. The van der Waals surface area contributed by atoms with Crippen LogP contribution in [0, 0.1) is 34.5 Å². The lowest BCUT2D eigenvalue weighted by atomic mass is 9.42. The summed E-state index contributed by atoms with van der Waals surface area (Å²) in [6.07, 6.45) is 7.69. The molecule has 5 aliphatic rings. The molecule has 0 aromatic carbocycles. The summed E-state index contributed by atoms with van der Waals surface area (Å²) >= 11 is 0. The summed E-state index contributed by atoms with van der Waals surface area (Å²) in [7, 11) is 0. The third-order valence-electron chi connectivity index (χ3n) is 10.0. The third-order valence-corrected chi connectivity index (χ3v) is 10.0. The van der Waals surface area contributed by atoms with Crippen LogP contribution in [0.3, 0.4) is 0 Å². The fraction of sp³-hybridized carbons (Fsp3) is 0.870. The number of rotatable bonds is 1. The SMILES string of the molecule is CC12C(O)C[C@H]3[C@@H](CC[C@@H]4CC(O)CC[C@@]43C)C1(O)CCC2C1=CC(=O)OC1. The van der Waals surface area contributed by atoms with Gasteiger partial charge in [-0.3, -0.25) is 0 Å². The highest BCUT2D eigenvalue weighted by Gasteiger charge is 2.70. The van der Waals surface area contributed by atoms with Crippen LogP contribution in [0.15, 0.2) is 11.6 Å². The van der Waals surface area contributed by atoms with Gasteiger partial charge < -0.3 is 20.1 Å². The molecule has 5 nitrogen and oxygen atoms in total. The molecule has 3 N–H and O–H groups in total. The Kier molecular flexibility index (Phi) is 4.12. The second-order valence-electron chi connectivity index (χ2n) is 10.8. The van der Waals surface area contributed by atoms with Crippen molar-refractivity contribution in [3.8, 4) is 0 Å². The zero-order chi connectivity index (χ0) is 19.9. The number of cyclic esters (lactones) is 1. The third kappa shape index (κ3) is 2.27. The molecule has 0 bridgehead atoms. The van der Waals surface area contributed by atoms with Gasteiger partial charge in [-0.25, -0.2) is 4.79 Å². The number of aliphatic hydroxyl groups is 3. The first-order valence-corrected chi connectivity index (χ1v) is 11.2. The predicted molar refractivity (Wildman–Crippen MR) is 103 cm³/mol. The molecule has 5 heteroatoms. The van der Waals surface area contributed by atoms with Crippen LogP contribution in [-0.4, -0.2) is 45.7 Å². The van der Waals surface area contributed by atoms with Crippen LogP contribution < -0.4 is 0 Å². The topological polar surface area (TPSA) is 87.0 Å². The van der Waals surface area contributed by atoms with Gasteiger partial charge >= 0.3 is 5.97 Å². The van der Waals surface area contributed by atoms with Gasteiger partial charge in [0.2, 0.25) is 0 Å². The molecule has 28 heavy (non-hydrogen) atoms. The number of carbonyl (C=O) groups excluding carboxylic acids is 1. The zero-order valence-electron chi connectivity index (χ0n) is 17.1. The summed E-state index contributed by atoms with van der Waals surface area (Å²) in [4.78, 5) is 11.6. The van der Waals surface area contributed by atoms with E-state index < -0.39 is 17.1 Å². The van der Waals surface area contributed by atoms with Crippen LogP contribution in [0.2, 0.25) is 0 Å². The van der Waals surface area contributed by atoms with Gasteiger partial charge in [-0.15, -0.1) is 0 Å². The van der Waals surface area contributed by atoms with E-state index in [0.717, 1.165) is 44.1 Å². The minimum Gasteiger partial charge on any atom is -0.458 e. The van der Waals surface area contributed by atoms with Gasteiger partial charge in [-0.2, -0.15) is 0 Å². The number of carbonyl (C=O) groups is 1. The number of fused-ring (bicyclic) bond motifs is 5. The van der Waals surface area contributed by atoms with E-state index in [0.29, 0.717) is 31.3 Å². The van der Waals surface area contributed by atoms with Crippen molar-refractivity contribution in [1.29, 1.82) is 0 Å². The zero-order valence-corrected chi connectivity index (χ0v) is 17.1. The van der Waals surface area contributed by atoms with Crippen LogP contribution in [0.5, 0.6) is 0 Å². The Morgan fingerprint density at radius 1 is 1.04 bits per heavy atom. The Balaban J connectivity index is 1.51. The highest BCUT2D eigenvalue weighted by Crippen LogP contribution is 2.69. The van der Waals surface area contributed by atoms with Crippen LogP contribution in [0.1, 0.15) is 65.2 Å². The normalized spacial score (nSPS) is 55.8. The molecule has 9 atom stereocenters. The van der Waals surface area contributed by atoms with Crippen LogP contribution in [0.4, 0.5) is 0 Å². The van der Waals surface area contributed by atoms with Gasteiger partial charge in [0.15, 0.2) is 0 Å². The molecule has 0 aromatic heterocycles. The van der Waals surface area contributed by atoms with Gasteiger partial charge in [-0.05, 0) is 86.0 Å². The molecule has 0 aromatic rings. The molecule has 5 unspecified atom stereocenters. The minimum absolute atomic E-state index is 0.00129. The summed E-state index contributed by atoms with van der Waals surface area (Å²) in [6, 6.07) is 0. The smallest absolute Gasteiger partial charge is 0.331 e. The largest absolute Gasteiger partial charge is 0.458 e. The van der Waals surface area contributed by atoms with Gasteiger partial charge in [0.25, 0.3) is 0 Å². The summed E-state index contributed by atoms with van der Waals surface area (Å²) < 4.78 is 5.16. The second-order valence-corrected chi connectivity index (χ2v) is 10.8. The monoisotopic (exact) mass is 390 g/mol. The average molecular weight is 391 g/mol.